The predicted octanol–water partition coefficient (Wildman–Crippen LogP) is 0.550. The summed E-state index contributed by atoms with van der Waals surface area (Å²) in [6.45, 7) is -0.733. The van der Waals surface area contributed by atoms with Gasteiger partial charge in [-0.25, -0.2) is 13.6 Å². The normalized spacial score (nSPS) is 16.9. The van der Waals surface area contributed by atoms with Crippen LogP contribution in [-0.2, 0) is 4.79 Å². The number of rotatable bonds is 3. The van der Waals surface area contributed by atoms with Crippen LogP contribution in [0.1, 0.15) is 11.6 Å². The van der Waals surface area contributed by atoms with Crippen molar-refractivity contribution in [1.82, 2.24) is 10.2 Å². The summed E-state index contributed by atoms with van der Waals surface area (Å²) in [6.07, 6.45) is 0. The van der Waals surface area contributed by atoms with Crippen molar-refractivity contribution in [2.45, 2.75) is 6.04 Å². The zero-order valence-electron chi connectivity index (χ0n) is 9.19. The summed E-state index contributed by atoms with van der Waals surface area (Å²) in [5.74, 6) is -2.66. The number of hydrogen-bond acceptors (Lipinski definition) is 3. The van der Waals surface area contributed by atoms with Gasteiger partial charge in [-0.3, -0.25) is 9.69 Å². The summed E-state index contributed by atoms with van der Waals surface area (Å²) in [6, 6.07) is 1.28. The summed E-state index contributed by atoms with van der Waals surface area (Å²) in [4.78, 5) is 23.7. The van der Waals surface area contributed by atoms with Crippen LogP contribution in [0.25, 0.3) is 0 Å². The van der Waals surface area contributed by atoms with E-state index in [4.69, 9.17) is 0 Å². The molecule has 1 aliphatic rings. The van der Waals surface area contributed by atoms with E-state index in [1.165, 1.54) is 6.07 Å². The van der Waals surface area contributed by atoms with E-state index in [-0.39, 0.29) is 12.1 Å². The Balaban J connectivity index is 2.35. The van der Waals surface area contributed by atoms with Crippen LogP contribution in [0.2, 0.25) is 0 Å². The van der Waals surface area contributed by atoms with Gasteiger partial charge in [0.05, 0.1) is 19.2 Å². The van der Waals surface area contributed by atoms with Gasteiger partial charge in [0, 0.05) is 0 Å². The van der Waals surface area contributed by atoms with Gasteiger partial charge in [-0.05, 0) is 17.7 Å². The van der Waals surface area contributed by atoms with Gasteiger partial charge in [-0.2, -0.15) is 0 Å². The molecule has 0 bridgehead atoms. The molecule has 18 heavy (non-hydrogen) atoms. The molecule has 2 rings (SSSR count). The summed E-state index contributed by atoms with van der Waals surface area (Å²) < 4.78 is 25.9. The molecule has 1 saturated heterocycles. The van der Waals surface area contributed by atoms with Crippen LogP contribution >= 0.6 is 0 Å². The number of aliphatic hydroxyl groups is 1. The van der Waals surface area contributed by atoms with E-state index < -0.39 is 36.2 Å². The second kappa shape index (κ2) is 4.69. The average molecular weight is 256 g/mol. The third-order valence-electron chi connectivity index (χ3n) is 2.69. The van der Waals surface area contributed by atoms with Gasteiger partial charge in [-0.1, -0.05) is 6.07 Å². The van der Waals surface area contributed by atoms with Crippen molar-refractivity contribution in [1.29, 1.82) is 0 Å². The largest absolute Gasteiger partial charge is 0.394 e. The lowest BCUT2D eigenvalue weighted by Crippen LogP contribution is -2.36. The van der Waals surface area contributed by atoms with Crippen molar-refractivity contribution in [3.8, 4) is 0 Å². The molecule has 0 saturated carbocycles. The van der Waals surface area contributed by atoms with Crippen LogP contribution in [0.15, 0.2) is 18.2 Å². The molecule has 1 aliphatic heterocycles. The summed E-state index contributed by atoms with van der Waals surface area (Å²) in [5.41, 5.74) is 0.154. The van der Waals surface area contributed by atoms with Crippen molar-refractivity contribution < 1.29 is 23.5 Å². The van der Waals surface area contributed by atoms with Crippen molar-refractivity contribution >= 4 is 11.9 Å². The Bertz CT molecular complexity index is 491. The fourth-order valence-electron chi connectivity index (χ4n) is 1.81. The molecule has 96 valence electrons. The topological polar surface area (TPSA) is 69.6 Å². The number of halogens is 2. The zero-order chi connectivity index (χ0) is 13.3. The molecule has 3 amide bonds. The van der Waals surface area contributed by atoms with Gasteiger partial charge in [0.25, 0.3) is 5.91 Å². The Morgan fingerprint density at radius 2 is 2.06 bits per heavy atom. The molecular formula is C11H10F2N2O3. The summed E-state index contributed by atoms with van der Waals surface area (Å²) >= 11 is 0. The molecule has 1 aromatic rings. The summed E-state index contributed by atoms with van der Waals surface area (Å²) in [5, 5.41) is 11.5. The van der Waals surface area contributed by atoms with Crippen LogP contribution in [-0.4, -0.2) is 35.1 Å². The molecule has 2 N–H and O–H groups in total. The molecule has 1 fully saturated rings. The SMILES string of the molecule is O=C1CNC(=O)N1C(CO)c1ccc(F)c(F)c1. The number of nitrogens with zero attached hydrogens (tertiary/aromatic N) is 1. The van der Waals surface area contributed by atoms with Crippen molar-refractivity contribution in [2.75, 3.05) is 13.2 Å². The first-order valence-corrected chi connectivity index (χ1v) is 5.20. The molecule has 5 nitrogen and oxygen atoms in total. The van der Waals surface area contributed by atoms with Crippen LogP contribution in [0.5, 0.6) is 0 Å². The minimum Gasteiger partial charge on any atom is -0.394 e. The maximum atomic E-state index is 13.1. The Kier molecular flexibility index (Phi) is 3.24. The number of urea groups is 1. The zero-order valence-corrected chi connectivity index (χ0v) is 9.19. The second-order valence-electron chi connectivity index (χ2n) is 3.79. The number of amides is 3. The van der Waals surface area contributed by atoms with Crippen LogP contribution in [0.4, 0.5) is 13.6 Å². The highest BCUT2D eigenvalue weighted by atomic mass is 19.2. The maximum Gasteiger partial charge on any atom is 0.325 e. The van der Waals surface area contributed by atoms with Gasteiger partial charge in [0.15, 0.2) is 11.6 Å². The molecule has 0 aromatic heterocycles. The number of carbonyl (C=O) groups is 2. The van der Waals surface area contributed by atoms with Gasteiger partial charge in [0.1, 0.15) is 0 Å². The lowest BCUT2D eigenvalue weighted by Gasteiger charge is -2.23. The number of carbonyl (C=O) groups excluding carboxylic acids is 2. The fourth-order valence-corrected chi connectivity index (χ4v) is 1.81. The number of benzene rings is 1. The number of nitrogens with one attached hydrogen (secondary N) is 1. The monoisotopic (exact) mass is 256 g/mol. The van der Waals surface area contributed by atoms with Crippen molar-refractivity contribution in [3.63, 3.8) is 0 Å². The van der Waals surface area contributed by atoms with E-state index >= 15 is 0 Å². The van der Waals surface area contributed by atoms with Gasteiger partial charge in [0.2, 0.25) is 0 Å². The first-order chi connectivity index (χ1) is 8.54. The lowest BCUT2D eigenvalue weighted by atomic mass is 10.1. The quantitative estimate of drug-likeness (QED) is 0.776. The van der Waals surface area contributed by atoms with Crippen LogP contribution < -0.4 is 5.32 Å². The fraction of sp³-hybridized carbons (Fsp3) is 0.273. The Labute approximate surface area is 101 Å². The van der Waals surface area contributed by atoms with E-state index in [1.54, 1.807) is 0 Å². The smallest absolute Gasteiger partial charge is 0.325 e. The Morgan fingerprint density at radius 3 is 2.56 bits per heavy atom. The molecule has 0 aliphatic carbocycles. The first kappa shape index (κ1) is 12.4. The molecular weight excluding hydrogens is 246 g/mol. The highest BCUT2D eigenvalue weighted by molar-refractivity contribution is 6.02. The minimum atomic E-state index is -1.10. The average Bonchev–Trinajstić information content (AvgIpc) is 2.66. The highest BCUT2D eigenvalue weighted by Gasteiger charge is 2.35. The third kappa shape index (κ3) is 2.04. The molecule has 7 heteroatoms. The number of aliphatic hydroxyl groups excluding tert-OH is 1. The molecule has 1 heterocycles. The van der Waals surface area contributed by atoms with E-state index in [1.807, 2.05) is 0 Å². The first-order valence-electron chi connectivity index (χ1n) is 5.20. The van der Waals surface area contributed by atoms with E-state index in [0.717, 1.165) is 17.0 Å². The van der Waals surface area contributed by atoms with E-state index in [0.29, 0.717) is 0 Å². The molecule has 0 radical (unpaired) electrons. The van der Waals surface area contributed by atoms with Crippen molar-refractivity contribution in [2.24, 2.45) is 0 Å². The van der Waals surface area contributed by atoms with Gasteiger partial charge < -0.3 is 10.4 Å². The number of hydrogen-bond donors (Lipinski definition) is 2. The van der Waals surface area contributed by atoms with Gasteiger partial charge >= 0.3 is 6.03 Å². The molecule has 1 aromatic carbocycles. The minimum absolute atomic E-state index is 0.154. The highest BCUT2D eigenvalue weighted by Crippen LogP contribution is 2.24. The standard InChI is InChI=1S/C11H10F2N2O3/c12-7-2-1-6(3-8(7)13)9(5-16)15-10(17)4-14-11(15)18/h1-3,9,16H,4-5H2,(H,14,18). The van der Waals surface area contributed by atoms with E-state index in [9.17, 15) is 23.5 Å². The lowest BCUT2D eigenvalue weighted by molar-refractivity contribution is -0.127. The molecule has 0 spiro atoms. The van der Waals surface area contributed by atoms with Gasteiger partial charge in [-0.15, -0.1) is 0 Å². The Hall–Kier alpha value is -2.02. The molecule has 1 unspecified atom stereocenters. The summed E-state index contributed by atoms with van der Waals surface area (Å²) in [7, 11) is 0. The maximum absolute atomic E-state index is 13.1. The second-order valence-corrected chi connectivity index (χ2v) is 3.79. The molecule has 1 atom stereocenters. The van der Waals surface area contributed by atoms with Crippen LogP contribution in [0.3, 0.4) is 0 Å². The van der Waals surface area contributed by atoms with E-state index in [2.05, 4.69) is 5.32 Å². The predicted molar refractivity (Wildman–Crippen MR) is 56.4 cm³/mol. The van der Waals surface area contributed by atoms with Crippen molar-refractivity contribution in [3.05, 3.63) is 35.4 Å². The Morgan fingerprint density at radius 1 is 1.33 bits per heavy atom. The number of imide groups is 1. The van der Waals surface area contributed by atoms with Crippen LogP contribution in [0, 0.1) is 11.6 Å². The third-order valence-corrected chi connectivity index (χ3v) is 2.69.